The molecule has 26 heavy (non-hydrogen) atoms. The van der Waals surface area contributed by atoms with Crippen molar-refractivity contribution in [2.45, 2.75) is 25.3 Å². The van der Waals surface area contributed by atoms with E-state index in [0.717, 1.165) is 29.2 Å². The third-order valence-corrected chi connectivity index (χ3v) is 4.93. The van der Waals surface area contributed by atoms with E-state index in [-0.39, 0.29) is 30.2 Å². The number of primary amides is 1. The quantitative estimate of drug-likeness (QED) is 0.736. The van der Waals surface area contributed by atoms with Crippen LogP contribution in [0.3, 0.4) is 0 Å². The van der Waals surface area contributed by atoms with Crippen molar-refractivity contribution in [1.29, 1.82) is 0 Å². The number of fused-ring (bicyclic) bond motifs is 1. The van der Waals surface area contributed by atoms with Gasteiger partial charge in [0.1, 0.15) is 0 Å². The molecule has 7 heteroatoms. The summed E-state index contributed by atoms with van der Waals surface area (Å²) in [4.78, 5) is 31.9. The van der Waals surface area contributed by atoms with Crippen LogP contribution in [0.5, 0.6) is 0 Å². The monoisotopic (exact) mass is 349 g/mol. The van der Waals surface area contributed by atoms with E-state index in [1.54, 1.807) is 24.9 Å². The summed E-state index contributed by atoms with van der Waals surface area (Å²) >= 11 is 0. The molecule has 2 heterocycles. The van der Waals surface area contributed by atoms with Crippen molar-refractivity contribution in [3.05, 3.63) is 54.7 Å². The Morgan fingerprint density at radius 1 is 1.27 bits per heavy atom. The van der Waals surface area contributed by atoms with Crippen LogP contribution in [0.15, 0.2) is 49.2 Å². The molecule has 0 atom stereocenters. The zero-order valence-corrected chi connectivity index (χ0v) is 14.1. The molecule has 3 N–H and O–H groups in total. The summed E-state index contributed by atoms with van der Waals surface area (Å²) in [7, 11) is 0. The van der Waals surface area contributed by atoms with Crippen LogP contribution in [0.1, 0.15) is 24.4 Å². The molecule has 4 rings (SSSR count). The summed E-state index contributed by atoms with van der Waals surface area (Å²) in [6, 6.07) is 7.98. The van der Waals surface area contributed by atoms with Gasteiger partial charge in [0, 0.05) is 35.9 Å². The van der Waals surface area contributed by atoms with Gasteiger partial charge in [0.2, 0.25) is 11.8 Å². The number of hydrogen-bond donors (Lipinski definition) is 2. The number of hydrogen-bond acceptors (Lipinski definition) is 4. The summed E-state index contributed by atoms with van der Waals surface area (Å²) in [6.45, 7) is 0. The molecular weight excluding hydrogens is 330 g/mol. The van der Waals surface area contributed by atoms with Crippen LogP contribution in [0, 0.1) is 5.92 Å². The number of amides is 2. The van der Waals surface area contributed by atoms with Gasteiger partial charge in [-0.05, 0) is 29.9 Å². The van der Waals surface area contributed by atoms with Crippen molar-refractivity contribution in [1.82, 2.24) is 14.5 Å². The normalized spacial score (nSPS) is 19.1. The summed E-state index contributed by atoms with van der Waals surface area (Å²) in [6.07, 6.45) is 8.71. The Morgan fingerprint density at radius 2 is 2.12 bits per heavy atom. The lowest BCUT2D eigenvalue weighted by molar-refractivity contribution is -0.125. The van der Waals surface area contributed by atoms with Gasteiger partial charge in [-0.15, -0.1) is 0 Å². The standard InChI is InChI=1S/C19H19N5O2/c20-19(26)14-6-15(7-14)24-10-17(22-11-24)23-18(25)8-12-2-1-3-13-9-21-5-4-16(12)13/h1-5,9-11,14-15H,6-8H2,(H2,20,26)(H,23,25)/t14-,15+. The number of benzene rings is 1. The van der Waals surface area contributed by atoms with Crippen LogP contribution in [0.4, 0.5) is 5.82 Å². The molecule has 1 fully saturated rings. The Kier molecular flexibility index (Phi) is 4.12. The molecule has 0 unspecified atom stereocenters. The molecular formula is C19H19N5O2. The van der Waals surface area contributed by atoms with Crippen LogP contribution in [0.25, 0.3) is 10.8 Å². The van der Waals surface area contributed by atoms with Gasteiger partial charge in [0.25, 0.3) is 0 Å². The molecule has 0 spiro atoms. The van der Waals surface area contributed by atoms with Gasteiger partial charge in [-0.3, -0.25) is 14.6 Å². The zero-order chi connectivity index (χ0) is 18.1. The SMILES string of the molecule is NC(=O)[C@H]1C[C@@H](n2cnc(NC(=O)Cc3cccc4cnccc34)c2)C1. The molecule has 2 amide bonds. The van der Waals surface area contributed by atoms with E-state index in [1.165, 1.54) is 0 Å². The van der Waals surface area contributed by atoms with Crippen LogP contribution >= 0.6 is 0 Å². The van der Waals surface area contributed by atoms with E-state index in [9.17, 15) is 9.59 Å². The second-order valence-corrected chi connectivity index (χ2v) is 6.67. The van der Waals surface area contributed by atoms with E-state index < -0.39 is 0 Å². The number of nitrogens with two attached hydrogens (primary N) is 1. The second kappa shape index (κ2) is 6.59. The van der Waals surface area contributed by atoms with Gasteiger partial charge in [0.15, 0.2) is 5.82 Å². The van der Waals surface area contributed by atoms with E-state index in [1.807, 2.05) is 28.8 Å². The van der Waals surface area contributed by atoms with Crippen LogP contribution < -0.4 is 11.1 Å². The maximum absolute atomic E-state index is 12.4. The molecule has 0 bridgehead atoms. The first-order valence-electron chi connectivity index (χ1n) is 8.54. The molecule has 0 aliphatic heterocycles. The number of aromatic nitrogens is 3. The smallest absolute Gasteiger partial charge is 0.230 e. The van der Waals surface area contributed by atoms with Crippen molar-refractivity contribution in [2.24, 2.45) is 11.7 Å². The van der Waals surface area contributed by atoms with Crippen LogP contribution in [-0.4, -0.2) is 26.3 Å². The molecule has 132 valence electrons. The number of anilines is 1. The van der Waals surface area contributed by atoms with Crippen molar-refractivity contribution in [3.63, 3.8) is 0 Å². The lowest BCUT2D eigenvalue weighted by atomic mass is 9.80. The maximum atomic E-state index is 12.4. The van der Waals surface area contributed by atoms with E-state index in [2.05, 4.69) is 15.3 Å². The van der Waals surface area contributed by atoms with E-state index in [4.69, 9.17) is 5.73 Å². The maximum Gasteiger partial charge on any atom is 0.230 e. The number of carbonyl (C=O) groups excluding carboxylic acids is 2. The highest BCUT2D eigenvalue weighted by Gasteiger charge is 2.34. The molecule has 7 nitrogen and oxygen atoms in total. The number of nitrogens with zero attached hydrogens (tertiary/aromatic N) is 3. The topological polar surface area (TPSA) is 103 Å². The predicted octanol–water partition coefficient (Wildman–Crippen LogP) is 2.05. The number of imidazole rings is 1. The minimum Gasteiger partial charge on any atom is -0.369 e. The van der Waals surface area contributed by atoms with E-state index >= 15 is 0 Å². The van der Waals surface area contributed by atoms with Gasteiger partial charge in [-0.25, -0.2) is 4.98 Å². The van der Waals surface area contributed by atoms with Crippen molar-refractivity contribution >= 4 is 28.4 Å². The molecule has 1 aromatic carbocycles. The molecule has 3 aromatic rings. The summed E-state index contributed by atoms with van der Waals surface area (Å²) in [5.41, 5.74) is 6.25. The molecule has 0 radical (unpaired) electrons. The highest BCUT2D eigenvalue weighted by Crippen LogP contribution is 2.37. The molecule has 1 aliphatic rings. The van der Waals surface area contributed by atoms with Gasteiger partial charge in [-0.1, -0.05) is 18.2 Å². The van der Waals surface area contributed by atoms with Gasteiger partial charge in [0.05, 0.1) is 12.7 Å². The van der Waals surface area contributed by atoms with Crippen LogP contribution in [-0.2, 0) is 16.0 Å². The van der Waals surface area contributed by atoms with E-state index in [0.29, 0.717) is 5.82 Å². The Balaban J connectivity index is 1.40. The third kappa shape index (κ3) is 3.15. The Bertz CT molecular complexity index is 969. The molecule has 1 saturated carbocycles. The zero-order valence-electron chi connectivity index (χ0n) is 14.1. The number of pyridine rings is 1. The van der Waals surface area contributed by atoms with Gasteiger partial charge < -0.3 is 15.6 Å². The predicted molar refractivity (Wildman–Crippen MR) is 97.3 cm³/mol. The van der Waals surface area contributed by atoms with Gasteiger partial charge in [-0.2, -0.15) is 0 Å². The van der Waals surface area contributed by atoms with Gasteiger partial charge >= 0.3 is 0 Å². The minimum atomic E-state index is -0.250. The average molecular weight is 349 g/mol. The van der Waals surface area contributed by atoms with Crippen LogP contribution in [0.2, 0.25) is 0 Å². The highest BCUT2D eigenvalue weighted by atomic mass is 16.2. The lowest BCUT2D eigenvalue weighted by Gasteiger charge is -2.33. The first-order valence-corrected chi connectivity index (χ1v) is 8.54. The molecule has 0 saturated heterocycles. The first-order chi connectivity index (χ1) is 12.6. The summed E-state index contributed by atoms with van der Waals surface area (Å²) in [5.74, 6) is 0.0871. The Labute approximate surface area is 150 Å². The highest BCUT2D eigenvalue weighted by molar-refractivity contribution is 5.95. The fourth-order valence-electron chi connectivity index (χ4n) is 3.37. The summed E-state index contributed by atoms with van der Waals surface area (Å²) < 4.78 is 1.93. The number of nitrogens with one attached hydrogen (secondary N) is 1. The Morgan fingerprint density at radius 3 is 2.92 bits per heavy atom. The van der Waals surface area contributed by atoms with Crippen molar-refractivity contribution in [3.8, 4) is 0 Å². The van der Waals surface area contributed by atoms with Crippen molar-refractivity contribution in [2.75, 3.05) is 5.32 Å². The average Bonchev–Trinajstić information content (AvgIpc) is 3.01. The molecule has 2 aromatic heterocycles. The van der Waals surface area contributed by atoms with Crippen molar-refractivity contribution < 1.29 is 9.59 Å². The fourth-order valence-corrected chi connectivity index (χ4v) is 3.37. The number of carbonyl (C=O) groups is 2. The lowest BCUT2D eigenvalue weighted by Crippen LogP contribution is -2.36. The minimum absolute atomic E-state index is 0.0544. The Hall–Kier alpha value is -3.22. The second-order valence-electron chi connectivity index (χ2n) is 6.67. The molecule has 1 aliphatic carbocycles. The first kappa shape index (κ1) is 16.3. The largest absolute Gasteiger partial charge is 0.369 e. The summed E-state index contributed by atoms with van der Waals surface area (Å²) in [5, 5.41) is 4.87. The number of rotatable bonds is 5. The third-order valence-electron chi connectivity index (χ3n) is 4.93. The fraction of sp³-hybridized carbons (Fsp3) is 0.263.